The Bertz CT molecular complexity index is 1330. The van der Waals surface area contributed by atoms with E-state index in [0.29, 0.717) is 31.9 Å². The first-order chi connectivity index (χ1) is 20.5. The normalized spacial score (nSPS) is 11.1. The van der Waals surface area contributed by atoms with E-state index >= 15 is 0 Å². The van der Waals surface area contributed by atoms with Crippen molar-refractivity contribution in [2.75, 3.05) is 0 Å². The van der Waals surface area contributed by atoms with Gasteiger partial charge in [0.25, 0.3) is 0 Å². The molecule has 236 valence electrons. The van der Waals surface area contributed by atoms with E-state index in [0.717, 1.165) is 22.3 Å². The quantitative estimate of drug-likeness (QED) is 0.139. The lowest BCUT2D eigenvalue weighted by atomic mass is 10.1. The Kier molecular flexibility index (Phi) is 16.2. The summed E-state index contributed by atoms with van der Waals surface area (Å²) in [5, 5.41) is 12.1. The summed E-state index contributed by atoms with van der Waals surface area (Å²) in [7, 11) is 0. The van der Waals surface area contributed by atoms with E-state index in [-0.39, 0.29) is 16.8 Å². The van der Waals surface area contributed by atoms with Gasteiger partial charge in [0.05, 0.1) is 54.8 Å². The van der Waals surface area contributed by atoms with Gasteiger partial charge in [0.15, 0.2) is 0 Å². The molecular formula is C37H50N4O3. The zero-order chi connectivity index (χ0) is 33.2. The van der Waals surface area contributed by atoms with Gasteiger partial charge in [0.2, 0.25) is 0 Å². The molecule has 44 heavy (non-hydrogen) atoms. The van der Waals surface area contributed by atoms with Gasteiger partial charge in [-0.25, -0.2) is 0 Å². The van der Waals surface area contributed by atoms with Gasteiger partial charge >= 0.3 is 0 Å². The summed E-state index contributed by atoms with van der Waals surface area (Å²) in [5.74, 6) is 0. The highest BCUT2D eigenvalue weighted by atomic mass is 16.5. The summed E-state index contributed by atoms with van der Waals surface area (Å²) in [6.45, 7) is 24.3. The monoisotopic (exact) mass is 598 g/mol. The van der Waals surface area contributed by atoms with Gasteiger partial charge in [-0.05, 0) is 108 Å². The highest BCUT2D eigenvalue weighted by Crippen LogP contribution is 2.15. The molecule has 0 atom stereocenters. The van der Waals surface area contributed by atoms with Crippen molar-refractivity contribution >= 4 is 6.08 Å². The molecule has 7 nitrogen and oxygen atoms in total. The predicted octanol–water partition coefficient (Wildman–Crippen LogP) is 10.3. The number of nitrogens with zero attached hydrogens (tertiary/aromatic N) is 4. The molecule has 0 fully saturated rings. The van der Waals surface area contributed by atoms with Gasteiger partial charge in [-0.3, -0.25) is 0 Å². The molecular weight excluding hydrogens is 548 g/mol. The summed E-state index contributed by atoms with van der Waals surface area (Å²) < 4.78 is 16.9. The van der Waals surface area contributed by atoms with Crippen molar-refractivity contribution in [3.8, 4) is 6.07 Å². The number of nitriles is 1. The van der Waals surface area contributed by atoms with Crippen molar-refractivity contribution < 1.29 is 14.2 Å². The number of ether oxygens (including phenoxy) is 3. The van der Waals surface area contributed by atoms with E-state index in [1.807, 2.05) is 96.1 Å². The highest BCUT2D eigenvalue weighted by molar-refractivity contribution is 5.47. The molecule has 3 aromatic carbocycles. The molecule has 0 heterocycles. The Morgan fingerprint density at radius 1 is 0.659 bits per heavy atom. The molecule has 3 rings (SSSR count). The third-order valence-corrected chi connectivity index (χ3v) is 5.65. The number of hydrogen-bond donors (Lipinski definition) is 0. The van der Waals surface area contributed by atoms with Gasteiger partial charge in [0.1, 0.15) is 0 Å². The van der Waals surface area contributed by atoms with Crippen LogP contribution in [-0.2, 0) is 40.6 Å². The highest BCUT2D eigenvalue weighted by Gasteiger charge is 2.11. The number of hydrogen-bond acceptors (Lipinski definition) is 5. The zero-order valence-corrected chi connectivity index (χ0v) is 28.1. The van der Waals surface area contributed by atoms with Crippen LogP contribution >= 0.6 is 0 Å². The average molecular weight is 599 g/mol. The van der Waals surface area contributed by atoms with Crippen molar-refractivity contribution in [2.24, 2.45) is 5.11 Å². The zero-order valence-electron chi connectivity index (χ0n) is 28.1. The third kappa shape index (κ3) is 19.3. The molecule has 0 aliphatic carbocycles. The molecule has 0 aliphatic heterocycles. The van der Waals surface area contributed by atoms with Crippen LogP contribution in [0.25, 0.3) is 16.5 Å². The summed E-state index contributed by atoms with van der Waals surface area (Å²) >= 11 is 0. The largest absolute Gasteiger partial charge is 0.371 e. The fourth-order valence-corrected chi connectivity index (χ4v) is 3.18. The fourth-order valence-electron chi connectivity index (χ4n) is 3.18. The van der Waals surface area contributed by atoms with E-state index in [9.17, 15) is 0 Å². The van der Waals surface area contributed by atoms with Crippen LogP contribution in [-0.4, -0.2) is 16.8 Å². The molecule has 7 heteroatoms. The first-order valence-electron chi connectivity index (χ1n) is 14.7. The second-order valence-electron chi connectivity index (χ2n) is 13.2. The standard InChI is InChI=1S/C13H18O.C12H17N3O.C12H15NO/c1-5-11-6-8-12(9-7-11)10-14-13(2,3)4;1-12(2,3)16-9-11-6-4-10(5-7-11)8-14-15-13;1-12(2,3)14-9-11-6-4-10(8-13)5-7-11/h5-9H,1,10H2,2-4H3;4-7H,8-9H2,1-3H3;4-7H,9H2,1-3H3. The SMILES string of the molecule is C=Cc1ccc(COC(C)(C)C)cc1.CC(C)(C)OCc1ccc(C#N)cc1.CC(C)(C)OCc1ccc(CN=[N+]=[N-])cc1. The van der Waals surface area contributed by atoms with Crippen molar-refractivity contribution in [2.45, 2.75) is 105 Å². The Morgan fingerprint density at radius 2 is 1.00 bits per heavy atom. The molecule has 0 aliphatic rings. The van der Waals surface area contributed by atoms with E-state index in [4.69, 9.17) is 25.0 Å². The van der Waals surface area contributed by atoms with Crippen LogP contribution in [0.1, 0.15) is 95.7 Å². The third-order valence-electron chi connectivity index (χ3n) is 5.65. The van der Waals surface area contributed by atoms with Crippen molar-refractivity contribution in [1.29, 1.82) is 5.26 Å². The molecule has 0 amide bonds. The smallest absolute Gasteiger partial charge is 0.0991 e. The number of azide groups is 1. The molecule has 0 saturated heterocycles. The van der Waals surface area contributed by atoms with E-state index in [2.05, 4.69) is 55.6 Å². The summed E-state index contributed by atoms with van der Waals surface area (Å²) in [5.41, 5.74) is 14.1. The minimum atomic E-state index is -0.121. The van der Waals surface area contributed by atoms with E-state index in [1.165, 1.54) is 5.56 Å². The maximum Gasteiger partial charge on any atom is 0.0991 e. The second kappa shape index (κ2) is 18.7. The maximum atomic E-state index is 8.61. The molecule has 3 aromatic rings. The summed E-state index contributed by atoms with van der Waals surface area (Å²) in [6, 6.07) is 25.7. The topological polar surface area (TPSA) is 100 Å². The average Bonchev–Trinajstić information content (AvgIpc) is 2.97. The van der Waals surface area contributed by atoms with Crippen LogP contribution in [0.4, 0.5) is 0 Å². The first-order valence-corrected chi connectivity index (χ1v) is 14.7. The molecule has 0 aromatic heterocycles. The maximum absolute atomic E-state index is 8.61. The van der Waals surface area contributed by atoms with Gasteiger partial charge in [0, 0.05) is 4.91 Å². The first kappa shape index (κ1) is 38.1. The second-order valence-corrected chi connectivity index (χ2v) is 13.2. The van der Waals surface area contributed by atoms with Gasteiger partial charge in [-0.2, -0.15) is 5.26 Å². The molecule has 0 radical (unpaired) electrons. The lowest BCUT2D eigenvalue weighted by Crippen LogP contribution is -2.18. The van der Waals surface area contributed by atoms with Crippen LogP contribution in [0.2, 0.25) is 0 Å². The predicted molar refractivity (Wildman–Crippen MR) is 181 cm³/mol. The van der Waals surface area contributed by atoms with Crippen LogP contribution in [0.3, 0.4) is 0 Å². The molecule has 0 N–H and O–H groups in total. The van der Waals surface area contributed by atoms with Gasteiger partial charge < -0.3 is 14.2 Å². The van der Waals surface area contributed by atoms with Crippen LogP contribution in [0.15, 0.2) is 84.5 Å². The van der Waals surface area contributed by atoms with Crippen LogP contribution in [0, 0.1) is 11.3 Å². The summed E-state index contributed by atoms with van der Waals surface area (Å²) in [6.07, 6.45) is 1.84. The van der Waals surface area contributed by atoms with E-state index in [1.54, 1.807) is 12.1 Å². The Labute approximate surface area is 265 Å². The lowest BCUT2D eigenvalue weighted by Gasteiger charge is -2.19. The minimum absolute atomic E-state index is 0.0723. The van der Waals surface area contributed by atoms with Crippen molar-refractivity contribution in [3.63, 3.8) is 0 Å². The van der Waals surface area contributed by atoms with Crippen LogP contribution < -0.4 is 0 Å². The lowest BCUT2D eigenvalue weighted by molar-refractivity contribution is -0.0152. The van der Waals surface area contributed by atoms with Crippen LogP contribution in [0.5, 0.6) is 0 Å². The van der Waals surface area contributed by atoms with E-state index < -0.39 is 0 Å². The van der Waals surface area contributed by atoms with Gasteiger partial charge in [-0.15, -0.1) is 0 Å². The summed E-state index contributed by atoms with van der Waals surface area (Å²) in [4.78, 5) is 2.72. The Balaban J connectivity index is 0.000000331. The number of rotatable bonds is 9. The molecule has 0 bridgehead atoms. The Morgan fingerprint density at radius 3 is 1.32 bits per heavy atom. The molecule has 0 unspecified atom stereocenters. The number of benzene rings is 3. The van der Waals surface area contributed by atoms with Crippen molar-refractivity contribution in [3.05, 3.63) is 123 Å². The van der Waals surface area contributed by atoms with Gasteiger partial charge in [-0.1, -0.05) is 78.4 Å². The fraction of sp³-hybridized carbons (Fsp3) is 0.432. The molecule has 0 saturated carbocycles. The molecule has 0 spiro atoms. The minimum Gasteiger partial charge on any atom is -0.371 e. The van der Waals surface area contributed by atoms with Crippen molar-refractivity contribution in [1.82, 2.24) is 0 Å². The Hall–Kier alpha value is -3.92.